The van der Waals surface area contributed by atoms with Crippen LogP contribution in [0.15, 0.2) is 46.6 Å². The van der Waals surface area contributed by atoms with Crippen molar-refractivity contribution in [2.75, 3.05) is 19.4 Å². The fraction of sp³-hybridized carbons (Fsp3) is 0.211. The number of thiazole rings is 1. The molecule has 0 spiro atoms. The molecule has 3 heterocycles. The van der Waals surface area contributed by atoms with Crippen molar-refractivity contribution in [1.82, 2.24) is 19.9 Å². The van der Waals surface area contributed by atoms with E-state index in [1.54, 1.807) is 22.7 Å². The van der Waals surface area contributed by atoms with E-state index in [1.807, 2.05) is 25.7 Å². The van der Waals surface area contributed by atoms with Gasteiger partial charge in [-0.3, -0.25) is 0 Å². The summed E-state index contributed by atoms with van der Waals surface area (Å²) in [5, 5.41) is 8.79. The van der Waals surface area contributed by atoms with Crippen LogP contribution >= 0.6 is 22.7 Å². The summed E-state index contributed by atoms with van der Waals surface area (Å²) in [6.07, 6.45) is 0. The van der Waals surface area contributed by atoms with Crippen LogP contribution in [0, 0.1) is 0 Å². The fourth-order valence-corrected chi connectivity index (χ4v) is 4.32. The smallest absolute Gasteiger partial charge is 0.146 e. The standard InChI is InChI=1S/C19H19N5S2/c1-24(2)9-16-22-18(20-8-14-10-25-12-21-14)17-15(11-26-19(17)23-16)13-6-4-3-5-7-13/h3-7,10-12H,8-9H2,1-2H3,(H,20,22,23). The van der Waals surface area contributed by atoms with Crippen LogP contribution in [0.5, 0.6) is 0 Å². The predicted octanol–water partition coefficient (Wildman–Crippen LogP) is 4.49. The fourth-order valence-electron chi connectivity index (χ4n) is 2.80. The van der Waals surface area contributed by atoms with Crippen LogP contribution in [0.3, 0.4) is 0 Å². The summed E-state index contributed by atoms with van der Waals surface area (Å²) in [5.41, 5.74) is 5.22. The zero-order valence-corrected chi connectivity index (χ0v) is 16.3. The van der Waals surface area contributed by atoms with Crippen LogP contribution in [-0.4, -0.2) is 33.9 Å². The highest BCUT2D eigenvalue weighted by molar-refractivity contribution is 7.17. The van der Waals surface area contributed by atoms with Crippen molar-refractivity contribution in [3.05, 3.63) is 58.1 Å². The highest BCUT2D eigenvalue weighted by atomic mass is 32.1. The molecule has 1 aromatic carbocycles. The van der Waals surface area contributed by atoms with Gasteiger partial charge in [0, 0.05) is 16.3 Å². The summed E-state index contributed by atoms with van der Waals surface area (Å²) in [6, 6.07) is 10.4. The lowest BCUT2D eigenvalue weighted by Gasteiger charge is -2.12. The van der Waals surface area contributed by atoms with Crippen LogP contribution in [-0.2, 0) is 13.1 Å². The van der Waals surface area contributed by atoms with Crippen molar-refractivity contribution in [1.29, 1.82) is 0 Å². The second-order valence-corrected chi connectivity index (χ2v) is 7.83. The Hall–Kier alpha value is -2.35. The molecule has 0 radical (unpaired) electrons. The van der Waals surface area contributed by atoms with Crippen LogP contribution in [0.2, 0.25) is 0 Å². The number of benzene rings is 1. The van der Waals surface area contributed by atoms with E-state index in [0.29, 0.717) is 13.1 Å². The molecule has 132 valence electrons. The van der Waals surface area contributed by atoms with Crippen molar-refractivity contribution in [3.8, 4) is 11.1 Å². The molecule has 0 aliphatic heterocycles. The molecule has 0 atom stereocenters. The van der Waals surface area contributed by atoms with Gasteiger partial charge in [0.15, 0.2) is 0 Å². The molecule has 7 heteroatoms. The van der Waals surface area contributed by atoms with E-state index in [1.165, 1.54) is 11.1 Å². The number of thiophene rings is 1. The molecule has 0 saturated carbocycles. The number of nitrogens with one attached hydrogen (secondary N) is 1. The van der Waals surface area contributed by atoms with E-state index in [4.69, 9.17) is 9.97 Å². The second-order valence-electron chi connectivity index (χ2n) is 6.26. The molecule has 4 aromatic rings. The first-order valence-corrected chi connectivity index (χ1v) is 10.1. The Morgan fingerprint density at radius 1 is 1.08 bits per heavy atom. The van der Waals surface area contributed by atoms with Crippen LogP contribution < -0.4 is 5.32 Å². The van der Waals surface area contributed by atoms with Crippen molar-refractivity contribution >= 4 is 38.7 Å². The van der Waals surface area contributed by atoms with E-state index in [0.717, 1.165) is 27.6 Å². The van der Waals surface area contributed by atoms with E-state index in [2.05, 4.69) is 50.2 Å². The maximum absolute atomic E-state index is 4.82. The van der Waals surface area contributed by atoms with E-state index < -0.39 is 0 Å². The summed E-state index contributed by atoms with van der Waals surface area (Å²) >= 11 is 3.27. The molecule has 0 aliphatic carbocycles. The Kier molecular flexibility index (Phi) is 4.92. The van der Waals surface area contributed by atoms with Crippen LogP contribution in [0.4, 0.5) is 5.82 Å². The molecular formula is C19H19N5S2. The highest BCUT2D eigenvalue weighted by Crippen LogP contribution is 2.37. The van der Waals surface area contributed by atoms with Crippen molar-refractivity contribution in [3.63, 3.8) is 0 Å². The minimum absolute atomic E-state index is 0.654. The minimum Gasteiger partial charge on any atom is -0.364 e. The first-order valence-electron chi connectivity index (χ1n) is 8.30. The monoisotopic (exact) mass is 381 g/mol. The summed E-state index contributed by atoms with van der Waals surface area (Å²) < 4.78 is 0. The van der Waals surface area contributed by atoms with Gasteiger partial charge in [-0.15, -0.1) is 22.7 Å². The number of rotatable bonds is 6. The summed E-state index contributed by atoms with van der Waals surface area (Å²) in [7, 11) is 4.06. The SMILES string of the molecule is CN(C)Cc1nc(NCc2cscn2)c2c(-c3ccccc3)csc2n1. The summed E-state index contributed by atoms with van der Waals surface area (Å²) in [6.45, 7) is 1.36. The van der Waals surface area contributed by atoms with Crippen molar-refractivity contribution < 1.29 is 0 Å². The molecule has 0 saturated heterocycles. The van der Waals surface area contributed by atoms with Gasteiger partial charge >= 0.3 is 0 Å². The third-order valence-electron chi connectivity index (χ3n) is 3.94. The molecular weight excluding hydrogens is 362 g/mol. The lowest BCUT2D eigenvalue weighted by atomic mass is 10.1. The molecule has 0 fully saturated rings. The molecule has 0 bridgehead atoms. The Balaban J connectivity index is 1.79. The lowest BCUT2D eigenvalue weighted by molar-refractivity contribution is 0.391. The minimum atomic E-state index is 0.654. The van der Waals surface area contributed by atoms with Gasteiger partial charge in [0.05, 0.1) is 29.7 Å². The maximum atomic E-state index is 4.82. The van der Waals surface area contributed by atoms with Gasteiger partial charge in [0.25, 0.3) is 0 Å². The number of hydrogen-bond donors (Lipinski definition) is 1. The van der Waals surface area contributed by atoms with Gasteiger partial charge in [-0.25, -0.2) is 15.0 Å². The largest absolute Gasteiger partial charge is 0.364 e. The van der Waals surface area contributed by atoms with Crippen LogP contribution in [0.25, 0.3) is 21.3 Å². The number of nitrogens with zero attached hydrogens (tertiary/aromatic N) is 4. The molecule has 0 amide bonds. The third kappa shape index (κ3) is 3.60. The van der Waals surface area contributed by atoms with Crippen LogP contribution in [0.1, 0.15) is 11.5 Å². The quantitative estimate of drug-likeness (QED) is 0.533. The number of aromatic nitrogens is 3. The molecule has 0 aliphatic rings. The Morgan fingerprint density at radius 2 is 1.92 bits per heavy atom. The predicted molar refractivity (Wildman–Crippen MR) is 110 cm³/mol. The van der Waals surface area contributed by atoms with E-state index in [9.17, 15) is 0 Å². The van der Waals surface area contributed by atoms with E-state index in [-0.39, 0.29) is 0 Å². The Bertz CT molecular complexity index is 994. The molecule has 0 unspecified atom stereocenters. The van der Waals surface area contributed by atoms with Crippen molar-refractivity contribution in [2.45, 2.75) is 13.1 Å². The van der Waals surface area contributed by atoms with Gasteiger partial charge < -0.3 is 10.2 Å². The number of anilines is 1. The number of fused-ring (bicyclic) bond motifs is 1. The zero-order valence-electron chi connectivity index (χ0n) is 14.6. The van der Waals surface area contributed by atoms with E-state index >= 15 is 0 Å². The summed E-state index contributed by atoms with van der Waals surface area (Å²) in [5.74, 6) is 1.70. The van der Waals surface area contributed by atoms with Gasteiger partial charge in [-0.05, 0) is 19.7 Å². The van der Waals surface area contributed by atoms with Gasteiger partial charge in [-0.2, -0.15) is 0 Å². The van der Waals surface area contributed by atoms with Gasteiger partial charge in [0.1, 0.15) is 16.5 Å². The second kappa shape index (κ2) is 7.49. The normalized spacial score (nSPS) is 11.3. The highest BCUT2D eigenvalue weighted by Gasteiger charge is 2.16. The Morgan fingerprint density at radius 3 is 2.65 bits per heavy atom. The first-order chi connectivity index (χ1) is 12.7. The number of hydrogen-bond acceptors (Lipinski definition) is 7. The average molecular weight is 382 g/mol. The zero-order chi connectivity index (χ0) is 17.9. The molecule has 3 aromatic heterocycles. The maximum Gasteiger partial charge on any atom is 0.146 e. The molecule has 5 nitrogen and oxygen atoms in total. The topological polar surface area (TPSA) is 53.9 Å². The van der Waals surface area contributed by atoms with Gasteiger partial charge in [-0.1, -0.05) is 30.3 Å². The first kappa shape index (κ1) is 17.1. The summed E-state index contributed by atoms with van der Waals surface area (Å²) in [4.78, 5) is 17.0. The molecule has 4 rings (SSSR count). The third-order valence-corrected chi connectivity index (χ3v) is 5.45. The lowest BCUT2D eigenvalue weighted by Crippen LogP contribution is -2.14. The Labute approximate surface area is 160 Å². The molecule has 1 N–H and O–H groups in total. The van der Waals surface area contributed by atoms with Gasteiger partial charge in [0.2, 0.25) is 0 Å². The average Bonchev–Trinajstić information content (AvgIpc) is 3.29. The van der Waals surface area contributed by atoms with Crippen molar-refractivity contribution in [2.24, 2.45) is 0 Å². The molecule has 26 heavy (non-hydrogen) atoms.